The molecule has 98 valence electrons. The van der Waals surface area contributed by atoms with Crippen molar-refractivity contribution in [3.63, 3.8) is 0 Å². The first kappa shape index (κ1) is 12.8. The molecule has 2 N–H and O–H groups in total. The van der Waals surface area contributed by atoms with E-state index in [0.29, 0.717) is 6.42 Å². The van der Waals surface area contributed by atoms with Crippen LogP contribution in [0.2, 0.25) is 0 Å². The molecule has 1 fully saturated rings. The van der Waals surface area contributed by atoms with E-state index >= 15 is 0 Å². The van der Waals surface area contributed by atoms with Crippen LogP contribution in [0, 0.1) is 5.92 Å². The number of rotatable bonds is 3. The first-order valence-electron chi connectivity index (χ1n) is 6.50. The van der Waals surface area contributed by atoms with Gasteiger partial charge in [0, 0.05) is 0 Å². The second-order valence-electron chi connectivity index (χ2n) is 4.86. The van der Waals surface area contributed by atoms with Gasteiger partial charge in [0.25, 0.3) is 0 Å². The van der Waals surface area contributed by atoms with Gasteiger partial charge in [-0.05, 0) is 38.5 Å². The number of urea groups is 1. The Labute approximate surface area is 106 Å². The van der Waals surface area contributed by atoms with Crippen LogP contribution in [0.5, 0.6) is 0 Å². The number of amides is 4. The fourth-order valence-electron chi connectivity index (χ4n) is 2.45. The van der Waals surface area contributed by atoms with Crippen LogP contribution in [0.15, 0.2) is 11.6 Å². The maximum atomic E-state index is 11.5. The highest BCUT2D eigenvalue weighted by molar-refractivity contribution is 6.16. The van der Waals surface area contributed by atoms with Crippen LogP contribution in [0.3, 0.4) is 0 Å². The van der Waals surface area contributed by atoms with Crippen molar-refractivity contribution in [2.75, 3.05) is 0 Å². The van der Waals surface area contributed by atoms with E-state index in [1.807, 2.05) is 0 Å². The van der Waals surface area contributed by atoms with Crippen LogP contribution < -0.4 is 10.6 Å². The highest BCUT2D eigenvalue weighted by Gasteiger charge is 2.33. The lowest BCUT2D eigenvalue weighted by Crippen LogP contribution is -2.55. The maximum absolute atomic E-state index is 11.5. The minimum Gasteiger partial charge on any atom is -0.277 e. The Morgan fingerprint density at radius 1 is 1.06 bits per heavy atom. The molecule has 5 heteroatoms. The van der Waals surface area contributed by atoms with Gasteiger partial charge in [0.05, 0.1) is 0 Å². The zero-order valence-electron chi connectivity index (χ0n) is 10.3. The zero-order chi connectivity index (χ0) is 13.0. The van der Waals surface area contributed by atoms with Gasteiger partial charge in [-0.2, -0.15) is 0 Å². The van der Waals surface area contributed by atoms with Crippen molar-refractivity contribution in [1.29, 1.82) is 0 Å². The fraction of sp³-hybridized carbons (Fsp3) is 0.615. The molecule has 0 aromatic carbocycles. The van der Waals surface area contributed by atoms with Crippen molar-refractivity contribution < 1.29 is 14.4 Å². The predicted octanol–water partition coefficient (Wildman–Crippen LogP) is 1.64. The number of hydrogen-bond donors (Lipinski definition) is 2. The lowest BCUT2D eigenvalue weighted by Gasteiger charge is -2.20. The van der Waals surface area contributed by atoms with E-state index in [2.05, 4.69) is 16.7 Å². The quantitative estimate of drug-likeness (QED) is 0.590. The molecule has 0 spiro atoms. The molecule has 0 atom stereocenters. The summed E-state index contributed by atoms with van der Waals surface area (Å²) in [5.41, 5.74) is 1.34. The Bertz CT molecular complexity index is 381. The molecule has 1 saturated heterocycles. The Hall–Kier alpha value is -1.65. The molecule has 5 nitrogen and oxygen atoms in total. The molecule has 2 rings (SSSR count). The van der Waals surface area contributed by atoms with Crippen molar-refractivity contribution in [3.05, 3.63) is 11.6 Å². The molecule has 0 saturated carbocycles. The van der Waals surface area contributed by atoms with Gasteiger partial charge >= 0.3 is 6.03 Å². The van der Waals surface area contributed by atoms with Crippen molar-refractivity contribution in [2.45, 2.75) is 44.9 Å². The van der Waals surface area contributed by atoms with Gasteiger partial charge in [0.1, 0.15) is 5.92 Å². The van der Waals surface area contributed by atoms with Crippen LogP contribution in [-0.4, -0.2) is 17.8 Å². The Kier molecular flexibility index (Phi) is 4.12. The lowest BCUT2D eigenvalue weighted by molar-refractivity contribution is -0.136. The molecular formula is C13H18N2O3. The van der Waals surface area contributed by atoms with Gasteiger partial charge in [-0.25, -0.2) is 4.79 Å². The van der Waals surface area contributed by atoms with Crippen molar-refractivity contribution in [2.24, 2.45) is 5.92 Å². The highest BCUT2D eigenvalue weighted by atomic mass is 16.2. The molecule has 18 heavy (non-hydrogen) atoms. The Balaban J connectivity index is 1.89. The number of hydrogen-bond acceptors (Lipinski definition) is 3. The van der Waals surface area contributed by atoms with Crippen LogP contribution in [0.25, 0.3) is 0 Å². The smallest absolute Gasteiger partial charge is 0.277 e. The standard InChI is InChI=1S/C13H18N2O3/c16-11-10(12(17)15-13(18)14-11)8-7-9-5-3-1-2-4-6-9/h5,10H,1-4,6-8H2,(H2,14,15,16,17,18). The maximum Gasteiger partial charge on any atom is 0.328 e. The summed E-state index contributed by atoms with van der Waals surface area (Å²) < 4.78 is 0. The van der Waals surface area contributed by atoms with Crippen LogP contribution in [0.1, 0.15) is 44.9 Å². The number of barbiturate groups is 1. The molecule has 1 aliphatic carbocycles. The lowest BCUT2D eigenvalue weighted by atomic mass is 9.95. The van der Waals surface area contributed by atoms with Crippen molar-refractivity contribution in [3.8, 4) is 0 Å². The van der Waals surface area contributed by atoms with Gasteiger partial charge in [0.15, 0.2) is 0 Å². The van der Waals surface area contributed by atoms with Crippen LogP contribution in [0.4, 0.5) is 4.79 Å². The number of carbonyl (C=O) groups excluding carboxylic acids is 3. The first-order chi connectivity index (χ1) is 8.66. The third-order valence-corrected chi connectivity index (χ3v) is 3.50. The molecule has 1 aliphatic heterocycles. The van der Waals surface area contributed by atoms with Crippen molar-refractivity contribution >= 4 is 17.8 Å². The summed E-state index contributed by atoms with van der Waals surface area (Å²) in [5.74, 6) is -1.68. The second-order valence-corrected chi connectivity index (χ2v) is 4.86. The van der Waals surface area contributed by atoms with E-state index in [1.54, 1.807) is 0 Å². The molecule has 4 amide bonds. The van der Waals surface area contributed by atoms with E-state index < -0.39 is 23.8 Å². The normalized spacial score (nSPS) is 22.0. The molecule has 1 heterocycles. The third-order valence-electron chi connectivity index (χ3n) is 3.50. The monoisotopic (exact) mass is 250 g/mol. The first-order valence-corrected chi connectivity index (χ1v) is 6.50. The van der Waals surface area contributed by atoms with Gasteiger partial charge in [0.2, 0.25) is 11.8 Å². The fourth-order valence-corrected chi connectivity index (χ4v) is 2.45. The highest BCUT2D eigenvalue weighted by Crippen LogP contribution is 2.23. The zero-order valence-corrected chi connectivity index (χ0v) is 10.3. The molecule has 2 aliphatic rings. The summed E-state index contributed by atoms with van der Waals surface area (Å²) in [5, 5.41) is 4.26. The summed E-state index contributed by atoms with van der Waals surface area (Å²) in [6, 6.07) is -0.713. The minimum absolute atomic E-state index is 0.474. The summed E-state index contributed by atoms with van der Waals surface area (Å²) in [6.45, 7) is 0. The summed E-state index contributed by atoms with van der Waals surface area (Å²) in [4.78, 5) is 34.0. The summed E-state index contributed by atoms with van der Waals surface area (Å²) >= 11 is 0. The van der Waals surface area contributed by atoms with Crippen molar-refractivity contribution in [1.82, 2.24) is 10.6 Å². The second kappa shape index (κ2) is 5.80. The van der Waals surface area contributed by atoms with Gasteiger partial charge in [-0.1, -0.05) is 18.1 Å². The van der Waals surface area contributed by atoms with E-state index in [9.17, 15) is 14.4 Å². The van der Waals surface area contributed by atoms with Gasteiger partial charge in [-0.3, -0.25) is 20.2 Å². The van der Waals surface area contributed by atoms with Gasteiger partial charge in [-0.15, -0.1) is 0 Å². The molecule has 0 aromatic heterocycles. The van der Waals surface area contributed by atoms with Crippen LogP contribution in [-0.2, 0) is 9.59 Å². The SMILES string of the molecule is O=C1NC(=O)C(CCC2=CCCCCC2)C(=O)N1. The molecule has 0 unspecified atom stereocenters. The molecular weight excluding hydrogens is 232 g/mol. The number of imide groups is 2. The Morgan fingerprint density at radius 3 is 2.50 bits per heavy atom. The molecule has 0 bridgehead atoms. The average molecular weight is 250 g/mol. The number of allylic oxidation sites excluding steroid dienone is 2. The summed E-state index contributed by atoms with van der Waals surface area (Å²) in [6.07, 6.45) is 9.30. The van der Waals surface area contributed by atoms with E-state index in [0.717, 1.165) is 19.3 Å². The Morgan fingerprint density at radius 2 is 1.78 bits per heavy atom. The van der Waals surface area contributed by atoms with E-state index in [-0.39, 0.29) is 0 Å². The average Bonchev–Trinajstić information content (AvgIpc) is 2.56. The number of carbonyl (C=O) groups is 3. The predicted molar refractivity (Wildman–Crippen MR) is 65.6 cm³/mol. The summed E-state index contributed by atoms with van der Waals surface area (Å²) in [7, 11) is 0. The minimum atomic E-state index is -0.730. The molecule has 0 aromatic rings. The van der Waals surface area contributed by atoms with E-state index in [1.165, 1.54) is 24.8 Å². The largest absolute Gasteiger partial charge is 0.328 e. The topological polar surface area (TPSA) is 75.3 Å². The number of nitrogens with one attached hydrogen (secondary N) is 2. The van der Waals surface area contributed by atoms with E-state index in [4.69, 9.17) is 0 Å². The third kappa shape index (κ3) is 3.18. The molecule has 0 radical (unpaired) electrons. The van der Waals surface area contributed by atoms with Gasteiger partial charge < -0.3 is 0 Å². The van der Waals surface area contributed by atoms with Crippen LogP contribution >= 0.6 is 0 Å².